The van der Waals surface area contributed by atoms with Crippen LogP contribution in [0.2, 0.25) is 0 Å². The molecule has 4 heteroatoms. The number of carbonyl (C=O) groups is 1. The van der Waals surface area contributed by atoms with Crippen LogP contribution in [0, 0.1) is 0 Å². The Balaban J connectivity index is 1.84. The Bertz CT molecular complexity index is 652. The standard InChI is InChI=1S/C17H18N2O2/c1-21-17(20)12-8-6-11(7-9-12)16-10-14(18)13-4-2-3-5-15(13)19-16/h2-9,14,16,19H,10,18H2,1H3/t14-,16-/m0/s1. The van der Waals surface area contributed by atoms with Crippen LogP contribution in [-0.4, -0.2) is 13.1 Å². The summed E-state index contributed by atoms with van der Waals surface area (Å²) in [5.41, 5.74) is 10.2. The highest BCUT2D eigenvalue weighted by Crippen LogP contribution is 2.37. The third kappa shape index (κ3) is 2.62. The number of hydrogen-bond donors (Lipinski definition) is 2. The lowest BCUT2D eigenvalue weighted by atomic mass is 9.90. The van der Waals surface area contributed by atoms with Gasteiger partial charge in [0.25, 0.3) is 0 Å². The molecule has 0 fully saturated rings. The molecular formula is C17H18N2O2. The lowest BCUT2D eigenvalue weighted by Crippen LogP contribution is -2.26. The number of para-hydroxylation sites is 1. The number of methoxy groups -OCH3 is 1. The second-order valence-electron chi connectivity index (χ2n) is 5.24. The highest BCUT2D eigenvalue weighted by molar-refractivity contribution is 5.89. The predicted octanol–water partition coefficient (Wildman–Crippen LogP) is 3.03. The minimum absolute atomic E-state index is 0.0210. The molecule has 1 aliphatic rings. The topological polar surface area (TPSA) is 64.3 Å². The Morgan fingerprint density at radius 1 is 1.19 bits per heavy atom. The normalized spacial score (nSPS) is 20.3. The lowest BCUT2D eigenvalue weighted by molar-refractivity contribution is 0.0600. The van der Waals surface area contributed by atoms with Crippen molar-refractivity contribution < 1.29 is 9.53 Å². The maximum absolute atomic E-state index is 11.5. The Morgan fingerprint density at radius 2 is 1.90 bits per heavy atom. The van der Waals surface area contributed by atoms with E-state index in [1.165, 1.54) is 7.11 Å². The lowest BCUT2D eigenvalue weighted by Gasteiger charge is -2.31. The van der Waals surface area contributed by atoms with E-state index in [2.05, 4.69) is 11.4 Å². The average molecular weight is 282 g/mol. The number of esters is 1. The number of anilines is 1. The number of carbonyl (C=O) groups excluding carboxylic acids is 1. The van der Waals surface area contributed by atoms with Crippen LogP contribution >= 0.6 is 0 Å². The quantitative estimate of drug-likeness (QED) is 0.831. The molecule has 0 bridgehead atoms. The molecule has 0 unspecified atom stereocenters. The summed E-state index contributed by atoms with van der Waals surface area (Å²) in [7, 11) is 1.38. The van der Waals surface area contributed by atoms with Gasteiger partial charge in [-0.05, 0) is 35.7 Å². The van der Waals surface area contributed by atoms with E-state index in [0.717, 1.165) is 23.2 Å². The molecule has 0 spiro atoms. The van der Waals surface area contributed by atoms with E-state index in [1.807, 2.05) is 30.3 Å². The fraction of sp³-hybridized carbons (Fsp3) is 0.235. The SMILES string of the molecule is COC(=O)c1ccc([C@@H]2C[C@H](N)c3ccccc3N2)cc1. The third-order valence-corrected chi connectivity index (χ3v) is 3.91. The Hall–Kier alpha value is -2.33. The summed E-state index contributed by atoms with van der Waals surface area (Å²) >= 11 is 0. The van der Waals surface area contributed by atoms with E-state index < -0.39 is 0 Å². The Kier molecular flexibility index (Phi) is 3.62. The van der Waals surface area contributed by atoms with Crippen molar-refractivity contribution in [3.05, 3.63) is 65.2 Å². The summed E-state index contributed by atoms with van der Waals surface area (Å²) in [6, 6.07) is 15.8. The van der Waals surface area contributed by atoms with Crippen molar-refractivity contribution in [1.29, 1.82) is 0 Å². The van der Waals surface area contributed by atoms with Gasteiger partial charge < -0.3 is 15.8 Å². The Labute approximate surface area is 123 Å². The van der Waals surface area contributed by atoms with E-state index in [0.29, 0.717) is 5.56 Å². The van der Waals surface area contributed by atoms with Crippen molar-refractivity contribution in [2.24, 2.45) is 5.73 Å². The molecule has 0 saturated heterocycles. The molecule has 4 nitrogen and oxygen atoms in total. The Morgan fingerprint density at radius 3 is 2.62 bits per heavy atom. The van der Waals surface area contributed by atoms with Crippen molar-refractivity contribution >= 4 is 11.7 Å². The van der Waals surface area contributed by atoms with Crippen LogP contribution in [0.3, 0.4) is 0 Å². The van der Waals surface area contributed by atoms with Gasteiger partial charge in [0.15, 0.2) is 0 Å². The second-order valence-corrected chi connectivity index (χ2v) is 5.24. The zero-order valence-corrected chi connectivity index (χ0v) is 11.9. The number of benzene rings is 2. The minimum atomic E-state index is -0.319. The maximum Gasteiger partial charge on any atom is 0.337 e. The molecule has 2 aromatic rings. The van der Waals surface area contributed by atoms with Gasteiger partial charge in [-0.1, -0.05) is 30.3 Å². The molecule has 108 valence electrons. The van der Waals surface area contributed by atoms with Crippen molar-refractivity contribution in [1.82, 2.24) is 0 Å². The molecule has 0 radical (unpaired) electrons. The summed E-state index contributed by atoms with van der Waals surface area (Å²) < 4.78 is 4.71. The smallest absolute Gasteiger partial charge is 0.337 e. The fourth-order valence-corrected chi connectivity index (χ4v) is 2.77. The first-order chi connectivity index (χ1) is 10.2. The van der Waals surface area contributed by atoms with Crippen molar-refractivity contribution in [3.63, 3.8) is 0 Å². The zero-order chi connectivity index (χ0) is 14.8. The second kappa shape index (κ2) is 5.58. The van der Waals surface area contributed by atoms with E-state index in [9.17, 15) is 4.79 Å². The van der Waals surface area contributed by atoms with E-state index in [1.54, 1.807) is 12.1 Å². The van der Waals surface area contributed by atoms with Crippen LogP contribution in [0.15, 0.2) is 48.5 Å². The van der Waals surface area contributed by atoms with E-state index in [4.69, 9.17) is 10.5 Å². The molecule has 0 aromatic heterocycles. The monoisotopic (exact) mass is 282 g/mol. The predicted molar refractivity (Wildman–Crippen MR) is 82.1 cm³/mol. The van der Waals surface area contributed by atoms with Gasteiger partial charge in [0.05, 0.1) is 18.7 Å². The molecule has 3 rings (SSSR count). The van der Waals surface area contributed by atoms with Gasteiger partial charge in [-0.25, -0.2) is 4.79 Å². The summed E-state index contributed by atoms with van der Waals surface area (Å²) in [5, 5.41) is 3.51. The largest absolute Gasteiger partial charge is 0.465 e. The van der Waals surface area contributed by atoms with Crippen molar-refractivity contribution in [2.45, 2.75) is 18.5 Å². The van der Waals surface area contributed by atoms with Gasteiger partial charge >= 0.3 is 5.97 Å². The van der Waals surface area contributed by atoms with Crippen molar-refractivity contribution in [3.8, 4) is 0 Å². The average Bonchev–Trinajstić information content (AvgIpc) is 2.54. The number of ether oxygens (including phenoxy) is 1. The maximum atomic E-state index is 11.5. The highest BCUT2D eigenvalue weighted by Gasteiger charge is 2.24. The summed E-state index contributed by atoms with van der Waals surface area (Å²) in [4.78, 5) is 11.5. The molecule has 1 heterocycles. The molecule has 2 atom stereocenters. The molecule has 21 heavy (non-hydrogen) atoms. The zero-order valence-electron chi connectivity index (χ0n) is 11.9. The first kappa shape index (κ1) is 13.6. The summed E-state index contributed by atoms with van der Waals surface area (Å²) in [6.45, 7) is 0. The van der Waals surface area contributed by atoms with Crippen LogP contribution in [0.1, 0.15) is 40.0 Å². The van der Waals surface area contributed by atoms with Crippen LogP contribution in [0.5, 0.6) is 0 Å². The van der Waals surface area contributed by atoms with Gasteiger partial charge in [0, 0.05) is 11.7 Å². The number of hydrogen-bond acceptors (Lipinski definition) is 4. The van der Waals surface area contributed by atoms with Gasteiger partial charge in [0.1, 0.15) is 0 Å². The molecular weight excluding hydrogens is 264 g/mol. The van der Waals surface area contributed by atoms with Crippen LogP contribution < -0.4 is 11.1 Å². The molecule has 0 amide bonds. The molecule has 0 aliphatic carbocycles. The summed E-state index contributed by atoms with van der Waals surface area (Å²) in [5.74, 6) is -0.319. The van der Waals surface area contributed by atoms with Gasteiger partial charge in [-0.3, -0.25) is 0 Å². The minimum Gasteiger partial charge on any atom is -0.465 e. The first-order valence-corrected chi connectivity index (χ1v) is 6.98. The van der Waals surface area contributed by atoms with Crippen molar-refractivity contribution in [2.75, 3.05) is 12.4 Å². The molecule has 0 saturated carbocycles. The van der Waals surface area contributed by atoms with Gasteiger partial charge in [-0.2, -0.15) is 0 Å². The number of nitrogens with one attached hydrogen (secondary N) is 1. The van der Waals surface area contributed by atoms with Crippen LogP contribution in [-0.2, 0) is 4.74 Å². The molecule has 2 aromatic carbocycles. The number of fused-ring (bicyclic) bond motifs is 1. The van der Waals surface area contributed by atoms with Gasteiger partial charge in [0.2, 0.25) is 0 Å². The van der Waals surface area contributed by atoms with Gasteiger partial charge in [-0.15, -0.1) is 0 Å². The number of rotatable bonds is 2. The highest BCUT2D eigenvalue weighted by atomic mass is 16.5. The van der Waals surface area contributed by atoms with Crippen LogP contribution in [0.4, 0.5) is 5.69 Å². The van der Waals surface area contributed by atoms with E-state index in [-0.39, 0.29) is 18.1 Å². The molecule has 3 N–H and O–H groups in total. The van der Waals surface area contributed by atoms with E-state index >= 15 is 0 Å². The third-order valence-electron chi connectivity index (χ3n) is 3.91. The summed E-state index contributed by atoms with van der Waals surface area (Å²) in [6.07, 6.45) is 0.828. The first-order valence-electron chi connectivity index (χ1n) is 6.98. The fourth-order valence-electron chi connectivity index (χ4n) is 2.77. The molecule has 1 aliphatic heterocycles. The van der Waals surface area contributed by atoms with Crippen LogP contribution in [0.25, 0.3) is 0 Å². The number of nitrogens with two attached hydrogens (primary N) is 1.